The van der Waals surface area contributed by atoms with Crippen LogP contribution >= 0.6 is 0 Å². The fourth-order valence-corrected chi connectivity index (χ4v) is 4.48. The number of nitrogens with one attached hydrogen (secondary N) is 1. The zero-order chi connectivity index (χ0) is 14.9. The molecule has 1 heterocycles. The number of hydrogen-bond donors (Lipinski definition) is 1. The molecule has 0 unspecified atom stereocenters. The van der Waals surface area contributed by atoms with Gasteiger partial charge in [-0.05, 0) is 57.0 Å². The van der Waals surface area contributed by atoms with Crippen molar-refractivity contribution in [2.45, 2.75) is 49.1 Å². The van der Waals surface area contributed by atoms with Crippen LogP contribution in [0.15, 0.2) is 29.2 Å². The normalized spacial score (nSPS) is 27.3. The van der Waals surface area contributed by atoms with Crippen molar-refractivity contribution < 1.29 is 12.8 Å². The van der Waals surface area contributed by atoms with Gasteiger partial charge in [-0.3, -0.25) is 0 Å². The average Bonchev–Trinajstić information content (AvgIpc) is 2.43. The molecule has 1 aromatic carbocycles. The van der Waals surface area contributed by atoms with Crippen molar-refractivity contribution in [2.24, 2.45) is 0 Å². The Morgan fingerprint density at radius 3 is 2.52 bits per heavy atom. The molecule has 1 aromatic rings. The number of likely N-dealkylation sites (tertiary alicyclic amines) is 1. The van der Waals surface area contributed by atoms with Gasteiger partial charge in [0, 0.05) is 12.1 Å². The second-order valence-electron chi connectivity index (χ2n) is 6.00. The fraction of sp³-hybridized carbons (Fsp3) is 0.600. The van der Waals surface area contributed by atoms with Crippen molar-refractivity contribution in [1.29, 1.82) is 0 Å². The first kappa shape index (κ1) is 14.9. The number of benzene rings is 1. The monoisotopic (exact) mass is 312 g/mol. The third-order valence-electron chi connectivity index (χ3n) is 4.45. The lowest BCUT2D eigenvalue weighted by Gasteiger charge is -2.44. The first-order valence-electron chi connectivity index (χ1n) is 7.56. The van der Waals surface area contributed by atoms with E-state index in [9.17, 15) is 12.8 Å². The average molecular weight is 312 g/mol. The molecule has 0 radical (unpaired) electrons. The summed E-state index contributed by atoms with van der Waals surface area (Å²) < 4.78 is 40.2. The van der Waals surface area contributed by atoms with Crippen molar-refractivity contribution in [2.75, 3.05) is 13.1 Å². The maximum absolute atomic E-state index is 13.1. The van der Waals surface area contributed by atoms with Gasteiger partial charge in [0.2, 0.25) is 10.0 Å². The summed E-state index contributed by atoms with van der Waals surface area (Å²) in [4.78, 5) is 2.47. The molecule has 0 aromatic heterocycles. The van der Waals surface area contributed by atoms with E-state index in [2.05, 4.69) is 9.62 Å². The van der Waals surface area contributed by atoms with E-state index < -0.39 is 15.8 Å². The second-order valence-corrected chi connectivity index (χ2v) is 7.71. The van der Waals surface area contributed by atoms with Crippen LogP contribution in [0.4, 0.5) is 4.39 Å². The number of nitrogens with zero attached hydrogens (tertiary/aromatic N) is 1. The van der Waals surface area contributed by atoms with Gasteiger partial charge in [0.1, 0.15) is 5.82 Å². The maximum Gasteiger partial charge on any atom is 0.240 e. The number of rotatable bonds is 4. The topological polar surface area (TPSA) is 49.4 Å². The van der Waals surface area contributed by atoms with Gasteiger partial charge in [-0.2, -0.15) is 0 Å². The van der Waals surface area contributed by atoms with Gasteiger partial charge in [0.15, 0.2) is 0 Å². The van der Waals surface area contributed by atoms with Crippen molar-refractivity contribution in [3.63, 3.8) is 0 Å². The molecule has 2 aliphatic rings. The summed E-state index contributed by atoms with van der Waals surface area (Å²) in [7, 11) is -3.61. The molecule has 1 saturated heterocycles. The molecule has 21 heavy (non-hydrogen) atoms. The van der Waals surface area contributed by atoms with Gasteiger partial charge >= 0.3 is 0 Å². The number of hydrogen-bond acceptors (Lipinski definition) is 3. The molecule has 3 rings (SSSR count). The summed E-state index contributed by atoms with van der Waals surface area (Å²) in [6.07, 6.45) is 5.51. The van der Waals surface area contributed by atoms with Gasteiger partial charge in [-0.15, -0.1) is 0 Å². The van der Waals surface area contributed by atoms with Crippen LogP contribution in [0.5, 0.6) is 0 Å². The number of piperidine rings is 1. The maximum atomic E-state index is 13.1. The van der Waals surface area contributed by atoms with Crippen molar-refractivity contribution in [1.82, 2.24) is 9.62 Å². The Hall–Kier alpha value is -0.980. The predicted octanol–water partition coefficient (Wildman–Crippen LogP) is 2.12. The fourth-order valence-electron chi connectivity index (χ4n) is 3.19. The molecule has 4 nitrogen and oxygen atoms in total. The lowest BCUT2D eigenvalue weighted by molar-refractivity contribution is 0.0858. The Bertz CT molecular complexity index is 593. The lowest BCUT2D eigenvalue weighted by atomic mass is 9.85. The lowest BCUT2D eigenvalue weighted by Crippen LogP contribution is -2.54. The van der Waals surface area contributed by atoms with E-state index >= 15 is 0 Å². The van der Waals surface area contributed by atoms with Gasteiger partial charge in [0.25, 0.3) is 0 Å². The van der Waals surface area contributed by atoms with Crippen molar-refractivity contribution >= 4 is 10.0 Å². The molecule has 1 saturated carbocycles. The molecule has 0 amide bonds. The van der Waals surface area contributed by atoms with Crippen LogP contribution in [0.2, 0.25) is 0 Å². The van der Waals surface area contributed by atoms with Gasteiger partial charge < -0.3 is 4.90 Å². The van der Waals surface area contributed by atoms with E-state index in [4.69, 9.17) is 0 Å². The van der Waals surface area contributed by atoms with Crippen LogP contribution in [0.1, 0.15) is 32.1 Å². The van der Waals surface area contributed by atoms with Crippen LogP contribution in [0, 0.1) is 5.82 Å². The molecule has 2 fully saturated rings. The third-order valence-corrected chi connectivity index (χ3v) is 5.97. The summed E-state index contributed by atoms with van der Waals surface area (Å²) in [6.45, 7) is 2.27. The Morgan fingerprint density at radius 2 is 1.86 bits per heavy atom. The molecule has 1 aliphatic heterocycles. The van der Waals surface area contributed by atoms with E-state index in [0.29, 0.717) is 6.04 Å². The molecule has 116 valence electrons. The molecule has 6 heteroatoms. The minimum atomic E-state index is -3.61. The third kappa shape index (κ3) is 3.44. The van der Waals surface area contributed by atoms with Crippen LogP contribution in [0.25, 0.3) is 0 Å². The van der Waals surface area contributed by atoms with E-state index in [-0.39, 0.29) is 10.9 Å². The number of sulfonamides is 1. The van der Waals surface area contributed by atoms with Gasteiger partial charge in [-0.25, -0.2) is 17.5 Å². The molecular weight excluding hydrogens is 291 g/mol. The summed E-state index contributed by atoms with van der Waals surface area (Å²) in [5.74, 6) is -0.530. The highest BCUT2D eigenvalue weighted by atomic mass is 32.2. The standard InChI is InChI=1S/C15H21FN2O2S/c16-12-5-4-6-15(9-12)21(19,20)17-13-10-14(11-13)18-7-2-1-3-8-18/h4-6,9,13-14,17H,1-3,7-8,10-11H2. The zero-order valence-electron chi connectivity index (χ0n) is 12.0. The summed E-state index contributed by atoms with van der Waals surface area (Å²) in [5.41, 5.74) is 0. The van der Waals surface area contributed by atoms with Crippen LogP contribution in [-0.4, -0.2) is 38.5 Å². The Kier molecular flexibility index (Phi) is 4.28. The van der Waals surface area contributed by atoms with E-state index in [1.54, 1.807) is 0 Å². The Labute approximate surface area is 125 Å². The highest BCUT2D eigenvalue weighted by Gasteiger charge is 2.36. The van der Waals surface area contributed by atoms with Gasteiger partial charge in [0.05, 0.1) is 4.90 Å². The molecule has 1 N–H and O–H groups in total. The molecule has 0 spiro atoms. The first-order valence-corrected chi connectivity index (χ1v) is 9.05. The largest absolute Gasteiger partial charge is 0.300 e. The number of halogens is 1. The minimum absolute atomic E-state index is 0.00363. The summed E-state index contributed by atoms with van der Waals surface area (Å²) >= 11 is 0. The SMILES string of the molecule is O=S(=O)(NC1CC(N2CCCCC2)C1)c1cccc(F)c1. The van der Waals surface area contributed by atoms with Gasteiger partial charge in [-0.1, -0.05) is 12.5 Å². The van der Waals surface area contributed by atoms with Crippen molar-refractivity contribution in [3.05, 3.63) is 30.1 Å². The Balaban J connectivity index is 1.56. The molecule has 0 bridgehead atoms. The molecular formula is C15H21FN2O2S. The first-order chi connectivity index (χ1) is 10.0. The van der Waals surface area contributed by atoms with E-state index in [1.807, 2.05) is 0 Å². The van der Waals surface area contributed by atoms with Crippen LogP contribution < -0.4 is 4.72 Å². The highest BCUT2D eigenvalue weighted by Crippen LogP contribution is 2.29. The van der Waals surface area contributed by atoms with Crippen molar-refractivity contribution in [3.8, 4) is 0 Å². The quantitative estimate of drug-likeness (QED) is 0.926. The summed E-state index contributed by atoms with van der Waals surface area (Å²) in [6, 6.07) is 5.63. The van der Waals surface area contributed by atoms with Crippen LogP contribution in [0.3, 0.4) is 0 Å². The minimum Gasteiger partial charge on any atom is -0.300 e. The van der Waals surface area contributed by atoms with E-state index in [0.717, 1.165) is 32.0 Å². The Morgan fingerprint density at radius 1 is 1.14 bits per heavy atom. The second kappa shape index (κ2) is 6.02. The predicted molar refractivity (Wildman–Crippen MR) is 79.0 cm³/mol. The molecule has 1 aliphatic carbocycles. The summed E-state index contributed by atoms with van der Waals surface area (Å²) in [5, 5.41) is 0. The van der Waals surface area contributed by atoms with E-state index in [1.165, 1.54) is 37.5 Å². The highest BCUT2D eigenvalue weighted by molar-refractivity contribution is 7.89. The molecule has 0 atom stereocenters. The zero-order valence-corrected chi connectivity index (χ0v) is 12.8. The van der Waals surface area contributed by atoms with Crippen LogP contribution in [-0.2, 0) is 10.0 Å². The smallest absolute Gasteiger partial charge is 0.240 e.